The van der Waals surface area contributed by atoms with Crippen LogP contribution in [0.15, 0.2) is 54.6 Å². The van der Waals surface area contributed by atoms with Crippen molar-refractivity contribution in [3.05, 3.63) is 65.7 Å². The van der Waals surface area contributed by atoms with Gasteiger partial charge in [0.2, 0.25) is 0 Å². The van der Waals surface area contributed by atoms with Crippen molar-refractivity contribution in [3.63, 3.8) is 0 Å². The van der Waals surface area contributed by atoms with Crippen LogP contribution in [0.25, 0.3) is 0 Å². The molecule has 2 aromatic carbocycles. The number of piperazine rings is 1. The number of methoxy groups -OCH3 is 1. The molecule has 1 aliphatic carbocycles. The molecule has 1 aliphatic heterocycles. The van der Waals surface area contributed by atoms with Crippen LogP contribution in [0.5, 0.6) is 5.75 Å². The molecule has 1 heterocycles. The number of amides is 1. The zero-order chi connectivity index (χ0) is 19.3. The van der Waals surface area contributed by atoms with Gasteiger partial charge in [-0.2, -0.15) is 0 Å². The van der Waals surface area contributed by atoms with Crippen molar-refractivity contribution in [2.24, 2.45) is 0 Å². The number of carbonyl (C=O) groups excluding carboxylic acids is 1. The fraction of sp³-hybridized carbons (Fsp3) is 0.435. The highest BCUT2D eigenvalue weighted by Gasteiger charge is 2.36. The van der Waals surface area contributed by atoms with Crippen LogP contribution < -0.4 is 4.74 Å². The van der Waals surface area contributed by atoms with E-state index in [1.807, 2.05) is 35.2 Å². The minimum Gasteiger partial charge on any atom is -0.497 e. The molecule has 0 N–H and O–H groups in total. The first-order valence-electron chi connectivity index (χ1n) is 10.1. The molecule has 148 valence electrons. The lowest BCUT2D eigenvalue weighted by molar-refractivity contribution is -0.0659. The molecule has 2 fully saturated rings. The van der Waals surface area contributed by atoms with Crippen molar-refractivity contribution in [2.45, 2.75) is 31.6 Å². The molecular weight excluding hydrogens is 352 g/mol. The molecule has 0 bridgehead atoms. The molecule has 5 heteroatoms. The molecular formula is C23H28N2O3. The summed E-state index contributed by atoms with van der Waals surface area (Å²) in [5.74, 6) is 0.885. The van der Waals surface area contributed by atoms with Crippen LogP contribution in [0.2, 0.25) is 0 Å². The van der Waals surface area contributed by atoms with Gasteiger partial charge in [0.25, 0.3) is 5.91 Å². The van der Waals surface area contributed by atoms with Gasteiger partial charge in [0.15, 0.2) is 0 Å². The highest BCUT2D eigenvalue weighted by Crippen LogP contribution is 2.30. The van der Waals surface area contributed by atoms with Crippen molar-refractivity contribution in [2.75, 3.05) is 33.3 Å². The quantitative estimate of drug-likeness (QED) is 0.772. The predicted octanol–water partition coefficient (Wildman–Crippen LogP) is 3.20. The predicted molar refractivity (Wildman–Crippen MR) is 109 cm³/mol. The van der Waals surface area contributed by atoms with Gasteiger partial charge >= 0.3 is 0 Å². The van der Waals surface area contributed by atoms with E-state index in [0.717, 1.165) is 50.3 Å². The maximum absolute atomic E-state index is 12.7. The van der Waals surface area contributed by atoms with Crippen molar-refractivity contribution >= 4 is 5.91 Å². The van der Waals surface area contributed by atoms with Crippen molar-refractivity contribution < 1.29 is 14.3 Å². The van der Waals surface area contributed by atoms with Crippen LogP contribution in [-0.4, -0.2) is 61.1 Å². The Kier molecular flexibility index (Phi) is 5.93. The number of rotatable bonds is 6. The summed E-state index contributed by atoms with van der Waals surface area (Å²) in [5.41, 5.74) is 1.96. The highest BCUT2D eigenvalue weighted by atomic mass is 16.5. The van der Waals surface area contributed by atoms with Gasteiger partial charge < -0.3 is 14.4 Å². The Bertz CT molecular complexity index is 764. The molecule has 5 nitrogen and oxygen atoms in total. The van der Waals surface area contributed by atoms with E-state index < -0.39 is 0 Å². The summed E-state index contributed by atoms with van der Waals surface area (Å²) >= 11 is 0. The molecule has 1 saturated carbocycles. The van der Waals surface area contributed by atoms with Gasteiger partial charge in [-0.3, -0.25) is 9.69 Å². The number of benzene rings is 2. The SMILES string of the molecule is COc1ccc(C(=O)N2CCN(C3CC(OCc4ccccc4)C3)CC2)cc1. The topological polar surface area (TPSA) is 42.0 Å². The molecule has 0 spiro atoms. The summed E-state index contributed by atoms with van der Waals surface area (Å²) in [6.45, 7) is 4.16. The van der Waals surface area contributed by atoms with Gasteiger partial charge in [-0.1, -0.05) is 30.3 Å². The summed E-state index contributed by atoms with van der Waals surface area (Å²) in [7, 11) is 1.63. The first-order valence-corrected chi connectivity index (χ1v) is 10.1. The molecule has 0 unspecified atom stereocenters. The Hall–Kier alpha value is -2.37. The standard InChI is InChI=1S/C23H28N2O3/c1-27-21-9-7-19(8-10-21)23(26)25-13-11-24(12-14-25)20-15-22(16-20)28-17-18-5-3-2-4-6-18/h2-10,20,22H,11-17H2,1H3. The smallest absolute Gasteiger partial charge is 0.253 e. The first-order chi connectivity index (χ1) is 13.7. The van der Waals surface area contributed by atoms with Gasteiger partial charge in [-0.05, 0) is 42.7 Å². The summed E-state index contributed by atoms with van der Waals surface area (Å²) in [6.07, 6.45) is 2.56. The van der Waals surface area contributed by atoms with Crippen LogP contribution >= 0.6 is 0 Å². The second-order valence-electron chi connectivity index (χ2n) is 7.60. The molecule has 1 saturated heterocycles. The molecule has 1 amide bonds. The van der Waals surface area contributed by atoms with E-state index >= 15 is 0 Å². The third-order valence-electron chi connectivity index (χ3n) is 5.85. The zero-order valence-corrected chi connectivity index (χ0v) is 16.4. The van der Waals surface area contributed by atoms with Crippen LogP contribution in [0.3, 0.4) is 0 Å². The molecule has 0 aromatic heterocycles. The maximum Gasteiger partial charge on any atom is 0.253 e. The third kappa shape index (κ3) is 4.37. The van der Waals surface area contributed by atoms with Crippen LogP contribution in [0.4, 0.5) is 0 Å². The average molecular weight is 380 g/mol. The summed E-state index contributed by atoms with van der Waals surface area (Å²) < 4.78 is 11.2. The van der Waals surface area contributed by atoms with Crippen molar-refractivity contribution in [3.8, 4) is 5.75 Å². The van der Waals surface area contributed by atoms with E-state index in [0.29, 0.717) is 18.8 Å². The van der Waals surface area contributed by atoms with Gasteiger partial charge in [0, 0.05) is 37.8 Å². The Morgan fingerprint density at radius 2 is 1.64 bits per heavy atom. The Balaban J connectivity index is 1.19. The normalized spacial score (nSPS) is 22.5. The molecule has 0 atom stereocenters. The summed E-state index contributed by atoms with van der Waals surface area (Å²) in [4.78, 5) is 17.2. The van der Waals surface area contributed by atoms with E-state index in [9.17, 15) is 4.79 Å². The second kappa shape index (κ2) is 8.76. The van der Waals surface area contributed by atoms with Crippen molar-refractivity contribution in [1.82, 2.24) is 9.80 Å². The fourth-order valence-electron chi connectivity index (χ4n) is 3.97. The summed E-state index contributed by atoms with van der Waals surface area (Å²) in [5, 5.41) is 0. The number of hydrogen-bond donors (Lipinski definition) is 0. The molecule has 0 radical (unpaired) electrons. The van der Waals surface area contributed by atoms with Gasteiger partial charge in [0.1, 0.15) is 5.75 Å². The highest BCUT2D eigenvalue weighted by molar-refractivity contribution is 5.94. The molecule has 28 heavy (non-hydrogen) atoms. The van der Waals surface area contributed by atoms with E-state index in [-0.39, 0.29) is 5.91 Å². The Morgan fingerprint density at radius 1 is 0.964 bits per heavy atom. The number of ether oxygens (including phenoxy) is 2. The second-order valence-corrected chi connectivity index (χ2v) is 7.60. The van der Waals surface area contributed by atoms with Crippen LogP contribution in [0.1, 0.15) is 28.8 Å². The minimum atomic E-state index is 0.111. The monoisotopic (exact) mass is 380 g/mol. The third-order valence-corrected chi connectivity index (χ3v) is 5.85. The Morgan fingerprint density at radius 3 is 2.29 bits per heavy atom. The van der Waals surface area contributed by atoms with Gasteiger partial charge in [-0.15, -0.1) is 0 Å². The van der Waals surface area contributed by atoms with Crippen molar-refractivity contribution in [1.29, 1.82) is 0 Å². The van der Waals surface area contributed by atoms with E-state index in [2.05, 4.69) is 29.2 Å². The van der Waals surface area contributed by atoms with Gasteiger partial charge in [0.05, 0.1) is 19.8 Å². The number of hydrogen-bond acceptors (Lipinski definition) is 4. The lowest BCUT2D eigenvalue weighted by atomic mass is 9.87. The number of carbonyl (C=O) groups is 1. The first kappa shape index (κ1) is 19.0. The largest absolute Gasteiger partial charge is 0.497 e. The van der Waals surface area contributed by atoms with Gasteiger partial charge in [-0.25, -0.2) is 0 Å². The maximum atomic E-state index is 12.7. The number of nitrogens with zero attached hydrogens (tertiary/aromatic N) is 2. The molecule has 2 aliphatic rings. The zero-order valence-electron chi connectivity index (χ0n) is 16.4. The average Bonchev–Trinajstić information content (AvgIpc) is 2.73. The van der Waals surface area contributed by atoms with E-state index in [1.54, 1.807) is 7.11 Å². The Labute approximate surface area is 166 Å². The fourth-order valence-corrected chi connectivity index (χ4v) is 3.97. The minimum absolute atomic E-state index is 0.111. The lowest BCUT2D eigenvalue weighted by Gasteiger charge is -2.46. The lowest BCUT2D eigenvalue weighted by Crippen LogP contribution is -2.56. The van der Waals surface area contributed by atoms with E-state index in [1.165, 1.54) is 5.56 Å². The van der Waals surface area contributed by atoms with Crippen LogP contribution in [0, 0.1) is 0 Å². The molecule has 4 rings (SSSR count). The molecule has 2 aromatic rings. The summed E-state index contributed by atoms with van der Waals surface area (Å²) in [6, 6.07) is 18.3. The van der Waals surface area contributed by atoms with E-state index in [4.69, 9.17) is 9.47 Å². The van der Waals surface area contributed by atoms with Crippen LogP contribution in [-0.2, 0) is 11.3 Å².